The summed E-state index contributed by atoms with van der Waals surface area (Å²) in [6, 6.07) is 4.00. The Kier molecular flexibility index (Phi) is 3.69. The van der Waals surface area contributed by atoms with Crippen LogP contribution in [0.4, 0.5) is 4.39 Å². The van der Waals surface area contributed by atoms with Crippen LogP contribution in [0.15, 0.2) is 59.3 Å². The van der Waals surface area contributed by atoms with Crippen molar-refractivity contribution >= 4 is 28.2 Å². The Bertz CT molecular complexity index is 1020. The molecule has 0 spiro atoms. The molecule has 1 N–H and O–H groups in total. The Morgan fingerprint density at radius 1 is 1.40 bits per heavy atom. The van der Waals surface area contributed by atoms with E-state index in [4.69, 9.17) is 0 Å². The van der Waals surface area contributed by atoms with Crippen molar-refractivity contribution in [3.05, 3.63) is 64.9 Å². The van der Waals surface area contributed by atoms with Crippen LogP contribution >= 0.6 is 11.3 Å². The third-order valence-corrected chi connectivity index (χ3v) is 5.73. The summed E-state index contributed by atoms with van der Waals surface area (Å²) in [5.41, 5.74) is 2.34. The molecule has 3 aromatic rings. The van der Waals surface area contributed by atoms with Gasteiger partial charge in [-0.15, -0.1) is 0 Å². The quantitative estimate of drug-likeness (QED) is 0.629. The van der Waals surface area contributed by atoms with Crippen molar-refractivity contribution in [3.8, 4) is 11.1 Å². The minimum Gasteiger partial charge on any atom is -0.345 e. The highest BCUT2D eigenvalue weighted by Gasteiger charge is 2.39. The molecule has 5 heteroatoms. The average molecular weight is 352 g/mol. The van der Waals surface area contributed by atoms with E-state index >= 15 is 0 Å². The van der Waals surface area contributed by atoms with Gasteiger partial charge in [0.15, 0.2) is 5.78 Å². The van der Waals surface area contributed by atoms with E-state index in [2.05, 4.69) is 9.97 Å². The summed E-state index contributed by atoms with van der Waals surface area (Å²) in [4.78, 5) is 20.8. The Morgan fingerprint density at radius 3 is 3.00 bits per heavy atom. The van der Waals surface area contributed by atoms with Crippen LogP contribution in [-0.4, -0.2) is 15.8 Å². The van der Waals surface area contributed by atoms with Gasteiger partial charge in [-0.25, -0.2) is 9.37 Å². The molecule has 0 aromatic carbocycles. The fourth-order valence-corrected chi connectivity index (χ4v) is 3.91. The predicted octanol–water partition coefficient (Wildman–Crippen LogP) is 5.54. The lowest BCUT2D eigenvalue weighted by molar-refractivity contribution is 0.0828. The molecule has 0 fully saturated rings. The highest BCUT2D eigenvalue weighted by atomic mass is 32.1. The van der Waals surface area contributed by atoms with Crippen molar-refractivity contribution in [3.63, 3.8) is 0 Å². The van der Waals surface area contributed by atoms with E-state index < -0.39 is 5.41 Å². The zero-order valence-corrected chi connectivity index (χ0v) is 14.7. The molecule has 0 radical (unpaired) electrons. The molecule has 3 aromatic heterocycles. The van der Waals surface area contributed by atoms with Crippen LogP contribution in [-0.2, 0) is 0 Å². The number of carbonyl (C=O) groups excluding carboxylic acids is 1. The van der Waals surface area contributed by atoms with Crippen molar-refractivity contribution in [1.82, 2.24) is 9.97 Å². The summed E-state index contributed by atoms with van der Waals surface area (Å²) in [5.74, 6) is -0.557. The Balaban J connectivity index is 1.83. The van der Waals surface area contributed by atoms with E-state index in [1.807, 2.05) is 29.8 Å². The van der Waals surface area contributed by atoms with E-state index in [9.17, 15) is 9.18 Å². The van der Waals surface area contributed by atoms with E-state index in [-0.39, 0.29) is 17.5 Å². The SMILES string of the molecule is CC1C=CC(F)=CC1(C)C(=O)c1c[nH]c2ncc(-c3ccsc3)cc12. The van der Waals surface area contributed by atoms with E-state index in [0.29, 0.717) is 11.2 Å². The van der Waals surface area contributed by atoms with Crippen LogP contribution < -0.4 is 0 Å². The highest BCUT2D eigenvalue weighted by Crippen LogP contribution is 2.40. The Labute approximate surface area is 148 Å². The maximum Gasteiger partial charge on any atom is 0.175 e. The summed E-state index contributed by atoms with van der Waals surface area (Å²) >= 11 is 1.62. The van der Waals surface area contributed by atoms with Crippen LogP contribution in [0.2, 0.25) is 0 Å². The molecule has 2 unspecified atom stereocenters. The second-order valence-corrected chi connectivity index (χ2v) is 7.40. The number of rotatable bonds is 3. The Hall–Kier alpha value is -2.53. The van der Waals surface area contributed by atoms with Crippen molar-refractivity contribution < 1.29 is 9.18 Å². The number of aromatic nitrogens is 2. The molecular weight excluding hydrogens is 335 g/mol. The number of pyridine rings is 1. The van der Waals surface area contributed by atoms with Gasteiger partial charge in [0.25, 0.3) is 0 Å². The van der Waals surface area contributed by atoms with E-state index in [1.54, 1.807) is 36.7 Å². The number of hydrogen-bond donors (Lipinski definition) is 1. The number of H-pyrrole nitrogens is 1. The van der Waals surface area contributed by atoms with Crippen molar-refractivity contribution in [2.75, 3.05) is 0 Å². The number of hydrogen-bond acceptors (Lipinski definition) is 3. The number of nitrogens with zero attached hydrogens (tertiary/aromatic N) is 1. The molecule has 4 rings (SSSR count). The number of nitrogens with one attached hydrogen (secondary N) is 1. The second kappa shape index (κ2) is 5.77. The van der Waals surface area contributed by atoms with Crippen LogP contribution in [0, 0.1) is 11.3 Å². The molecule has 2 atom stereocenters. The molecule has 0 bridgehead atoms. The van der Waals surface area contributed by atoms with Crippen LogP contribution in [0.3, 0.4) is 0 Å². The van der Waals surface area contributed by atoms with Gasteiger partial charge < -0.3 is 4.98 Å². The number of thiophene rings is 1. The number of fused-ring (bicyclic) bond motifs is 1. The lowest BCUT2D eigenvalue weighted by atomic mass is 9.70. The number of carbonyl (C=O) groups is 1. The van der Waals surface area contributed by atoms with Gasteiger partial charge in [0.2, 0.25) is 0 Å². The summed E-state index contributed by atoms with van der Waals surface area (Å²) in [5, 5.41) is 4.82. The number of allylic oxidation sites excluding steroid dienone is 4. The summed E-state index contributed by atoms with van der Waals surface area (Å²) in [6.45, 7) is 3.72. The minimum absolute atomic E-state index is 0.0857. The second-order valence-electron chi connectivity index (χ2n) is 6.62. The first-order valence-electron chi connectivity index (χ1n) is 8.10. The molecule has 0 saturated carbocycles. The fraction of sp³-hybridized carbons (Fsp3) is 0.200. The summed E-state index contributed by atoms with van der Waals surface area (Å²) in [6.07, 6.45) is 8.07. The highest BCUT2D eigenvalue weighted by molar-refractivity contribution is 7.08. The smallest absolute Gasteiger partial charge is 0.175 e. The zero-order valence-electron chi connectivity index (χ0n) is 13.9. The first-order valence-corrected chi connectivity index (χ1v) is 9.04. The van der Waals surface area contributed by atoms with E-state index in [0.717, 1.165) is 16.5 Å². The van der Waals surface area contributed by atoms with Gasteiger partial charge in [-0.1, -0.05) is 13.0 Å². The Morgan fingerprint density at radius 2 is 2.24 bits per heavy atom. The third kappa shape index (κ3) is 2.55. The molecule has 0 saturated heterocycles. The van der Waals surface area contributed by atoms with Crippen molar-refractivity contribution in [2.24, 2.45) is 11.3 Å². The maximum absolute atomic E-state index is 13.8. The molecule has 1 aliphatic rings. The molecule has 1 aliphatic carbocycles. The lowest BCUT2D eigenvalue weighted by Gasteiger charge is -2.31. The third-order valence-electron chi connectivity index (χ3n) is 5.05. The van der Waals surface area contributed by atoms with Crippen molar-refractivity contribution in [2.45, 2.75) is 13.8 Å². The standard InChI is InChI=1S/C20H17FN2OS/c1-12-3-4-15(21)8-20(12,2)18(24)17-10-23-19-16(17)7-14(9-22-19)13-5-6-25-11-13/h3-12H,1-2H3,(H,22,23). The number of Topliss-reactive ketones (excluding diaryl/α,β-unsaturated/α-hetero) is 1. The monoisotopic (exact) mass is 352 g/mol. The summed E-state index contributed by atoms with van der Waals surface area (Å²) < 4.78 is 13.8. The lowest BCUT2D eigenvalue weighted by Crippen LogP contribution is -2.33. The molecular formula is C20H17FN2OS. The number of aromatic amines is 1. The molecule has 0 amide bonds. The van der Waals surface area contributed by atoms with Crippen LogP contribution in [0.1, 0.15) is 24.2 Å². The molecule has 126 valence electrons. The maximum atomic E-state index is 13.8. The number of ketones is 1. The van der Waals surface area contributed by atoms with Gasteiger partial charge >= 0.3 is 0 Å². The van der Waals surface area contributed by atoms with Crippen molar-refractivity contribution in [1.29, 1.82) is 0 Å². The van der Waals surface area contributed by atoms with Crippen LogP contribution in [0.25, 0.3) is 22.2 Å². The topological polar surface area (TPSA) is 45.8 Å². The number of halogens is 1. The minimum atomic E-state index is -0.910. The van der Waals surface area contributed by atoms with Gasteiger partial charge in [0.05, 0.1) is 5.41 Å². The predicted molar refractivity (Wildman–Crippen MR) is 99.3 cm³/mol. The van der Waals surface area contributed by atoms with E-state index in [1.165, 1.54) is 12.2 Å². The average Bonchev–Trinajstić information content (AvgIpc) is 3.26. The van der Waals surface area contributed by atoms with Crippen LogP contribution in [0.5, 0.6) is 0 Å². The normalized spacial score (nSPS) is 23.0. The molecule has 3 nitrogen and oxygen atoms in total. The van der Waals surface area contributed by atoms with Gasteiger partial charge in [-0.05, 0) is 53.4 Å². The first kappa shape index (κ1) is 16.0. The van der Waals surface area contributed by atoms with Gasteiger partial charge in [-0.2, -0.15) is 11.3 Å². The van der Waals surface area contributed by atoms with Gasteiger partial charge in [0.1, 0.15) is 11.5 Å². The zero-order chi connectivity index (χ0) is 17.6. The van der Waals surface area contributed by atoms with Gasteiger partial charge in [-0.3, -0.25) is 4.79 Å². The largest absolute Gasteiger partial charge is 0.345 e. The van der Waals surface area contributed by atoms with Gasteiger partial charge in [0, 0.05) is 28.9 Å². The first-order chi connectivity index (χ1) is 12.0. The molecule has 3 heterocycles. The molecule has 0 aliphatic heterocycles. The molecule has 25 heavy (non-hydrogen) atoms. The fourth-order valence-electron chi connectivity index (χ4n) is 3.24. The summed E-state index contributed by atoms with van der Waals surface area (Å²) in [7, 11) is 0.